The van der Waals surface area contributed by atoms with Crippen molar-refractivity contribution in [2.75, 3.05) is 26.0 Å². The molecular formula is C25H32N4O5. The molecule has 2 aromatic rings. The molecule has 0 aliphatic rings. The first kappa shape index (κ1) is 26.4. The van der Waals surface area contributed by atoms with Gasteiger partial charge in [-0.3, -0.25) is 14.4 Å². The van der Waals surface area contributed by atoms with E-state index in [2.05, 4.69) is 16.0 Å². The molecule has 0 heterocycles. The van der Waals surface area contributed by atoms with Crippen LogP contribution in [0.1, 0.15) is 31.2 Å². The molecule has 1 atom stereocenters. The predicted octanol–water partition coefficient (Wildman–Crippen LogP) is 2.68. The molecule has 9 nitrogen and oxygen atoms in total. The van der Waals surface area contributed by atoms with Gasteiger partial charge in [0.05, 0.1) is 0 Å². The zero-order valence-corrected chi connectivity index (χ0v) is 19.6. The molecule has 182 valence electrons. The molecule has 0 bridgehead atoms. The van der Waals surface area contributed by atoms with Crippen molar-refractivity contribution in [2.24, 2.45) is 0 Å². The van der Waals surface area contributed by atoms with Crippen molar-refractivity contribution in [1.82, 2.24) is 15.5 Å². The Labute approximate surface area is 199 Å². The van der Waals surface area contributed by atoms with Gasteiger partial charge in [0.1, 0.15) is 19.1 Å². The van der Waals surface area contributed by atoms with Crippen molar-refractivity contribution < 1.29 is 23.9 Å². The van der Waals surface area contributed by atoms with Crippen molar-refractivity contribution in [1.29, 1.82) is 0 Å². The summed E-state index contributed by atoms with van der Waals surface area (Å²) in [6, 6.07) is 17.4. The predicted molar refractivity (Wildman–Crippen MR) is 129 cm³/mol. The second-order valence-corrected chi connectivity index (χ2v) is 7.92. The average molecular weight is 469 g/mol. The zero-order valence-electron chi connectivity index (χ0n) is 19.6. The first-order valence-corrected chi connectivity index (χ1v) is 11.1. The maximum atomic E-state index is 12.8. The third kappa shape index (κ3) is 10.2. The zero-order chi connectivity index (χ0) is 24.8. The van der Waals surface area contributed by atoms with E-state index in [0.29, 0.717) is 31.5 Å². The number of amides is 4. The third-order valence-corrected chi connectivity index (χ3v) is 4.91. The number of carbonyl (C=O) groups is 4. The third-order valence-electron chi connectivity index (χ3n) is 4.91. The number of hydrogen-bond donors (Lipinski definition) is 3. The standard InChI is InChI=1S/C25H32N4O5/c1-29(2)23(31)17-22(30)26-16-10-9-15-21(24(32)27-20-13-7-4-8-14-20)28-25(33)34-18-19-11-5-3-6-12-19/h3-8,11-14,21H,9-10,15-18H2,1-2H3,(H,26,30)(H,27,32)(H,28,33)/t21-/m0/s1. The molecule has 2 aromatic carbocycles. The first-order chi connectivity index (χ1) is 16.3. The molecule has 34 heavy (non-hydrogen) atoms. The minimum Gasteiger partial charge on any atom is -0.445 e. The average Bonchev–Trinajstić information content (AvgIpc) is 2.83. The maximum Gasteiger partial charge on any atom is 0.408 e. The van der Waals surface area contributed by atoms with Crippen molar-refractivity contribution in [3.63, 3.8) is 0 Å². The van der Waals surface area contributed by atoms with E-state index in [0.717, 1.165) is 5.56 Å². The van der Waals surface area contributed by atoms with Crippen LogP contribution in [0.4, 0.5) is 10.5 Å². The van der Waals surface area contributed by atoms with Crippen LogP contribution in [0, 0.1) is 0 Å². The number of benzene rings is 2. The Morgan fingerprint density at radius 3 is 2.21 bits per heavy atom. The highest BCUT2D eigenvalue weighted by molar-refractivity contribution is 5.97. The van der Waals surface area contributed by atoms with Gasteiger partial charge in [0.25, 0.3) is 0 Å². The lowest BCUT2D eigenvalue weighted by Gasteiger charge is -2.18. The number of carbonyl (C=O) groups excluding carboxylic acids is 4. The van der Waals surface area contributed by atoms with E-state index in [4.69, 9.17) is 4.74 Å². The topological polar surface area (TPSA) is 117 Å². The number of para-hydroxylation sites is 1. The van der Waals surface area contributed by atoms with Gasteiger partial charge in [-0.2, -0.15) is 0 Å². The molecule has 0 unspecified atom stereocenters. The SMILES string of the molecule is CN(C)C(=O)CC(=O)NCCCC[C@H](NC(=O)OCc1ccccc1)C(=O)Nc1ccccc1. The quantitative estimate of drug-likeness (QED) is 0.327. The molecule has 0 aliphatic carbocycles. The van der Waals surface area contributed by atoms with Crippen LogP contribution in [-0.2, 0) is 25.7 Å². The Hall–Kier alpha value is -3.88. The number of ether oxygens (including phenoxy) is 1. The monoisotopic (exact) mass is 468 g/mol. The van der Waals surface area contributed by atoms with Crippen LogP contribution in [0.15, 0.2) is 60.7 Å². The fourth-order valence-corrected chi connectivity index (χ4v) is 2.99. The number of anilines is 1. The Balaban J connectivity index is 1.83. The van der Waals surface area contributed by atoms with E-state index in [1.54, 1.807) is 38.4 Å². The highest BCUT2D eigenvalue weighted by Gasteiger charge is 2.21. The largest absolute Gasteiger partial charge is 0.445 e. The van der Waals surface area contributed by atoms with E-state index in [1.807, 2.05) is 36.4 Å². The second kappa shape index (κ2) is 14.3. The van der Waals surface area contributed by atoms with Crippen LogP contribution in [0.3, 0.4) is 0 Å². The minimum atomic E-state index is -0.811. The summed E-state index contributed by atoms with van der Waals surface area (Å²) in [4.78, 5) is 49.8. The van der Waals surface area contributed by atoms with Gasteiger partial charge in [-0.15, -0.1) is 0 Å². The lowest BCUT2D eigenvalue weighted by Crippen LogP contribution is -2.44. The highest BCUT2D eigenvalue weighted by Crippen LogP contribution is 2.09. The van der Waals surface area contributed by atoms with Crippen molar-refractivity contribution in [3.8, 4) is 0 Å². The molecule has 0 saturated heterocycles. The summed E-state index contributed by atoms with van der Waals surface area (Å²) in [5.41, 5.74) is 1.46. The van der Waals surface area contributed by atoms with Crippen LogP contribution in [-0.4, -0.2) is 55.4 Å². The van der Waals surface area contributed by atoms with Crippen LogP contribution in [0.25, 0.3) is 0 Å². The van der Waals surface area contributed by atoms with Gasteiger partial charge < -0.3 is 25.6 Å². The molecule has 0 radical (unpaired) electrons. The minimum absolute atomic E-state index is 0.0946. The molecule has 2 rings (SSSR count). The molecule has 9 heteroatoms. The number of nitrogens with one attached hydrogen (secondary N) is 3. The number of nitrogens with zero attached hydrogens (tertiary/aromatic N) is 1. The van der Waals surface area contributed by atoms with Crippen molar-refractivity contribution in [3.05, 3.63) is 66.2 Å². The molecule has 4 amide bonds. The van der Waals surface area contributed by atoms with Crippen LogP contribution >= 0.6 is 0 Å². The van der Waals surface area contributed by atoms with Gasteiger partial charge in [-0.1, -0.05) is 48.5 Å². The fraction of sp³-hybridized carbons (Fsp3) is 0.360. The van der Waals surface area contributed by atoms with E-state index < -0.39 is 12.1 Å². The molecule has 0 aromatic heterocycles. The smallest absolute Gasteiger partial charge is 0.408 e. The number of alkyl carbamates (subject to hydrolysis) is 1. The number of unbranched alkanes of at least 4 members (excludes halogenated alkanes) is 1. The Morgan fingerprint density at radius 2 is 1.56 bits per heavy atom. The van der Waals surface area contributed by atoms with Crippen LogP contribution < -0.4 is 16.0 Å². The summed E-state index contributed by atoms with van der Waals surface area (Å²) in [5, 5.41) is 8.12. The van der Waals surface area contributed by atoms with Gasteiger partial charge in [0, 0.05) is 26.3 Å². The highest BCUT2D eigenvalue weighted by atomic mass is 16.5. The van der Waals surface area contributed by atoms with E-state index >= 15 is 0 Å². The fourth-order valence-electron chi connectivity index (χ4n) is 2.99. The number of rotatable bonds is 12. The van der Waals surface area contributed by atoms with Crippen LogP contribution in [0.2, 0.25) is 0 Å². The van der Waals surface area contributed by atoms with Gasteiger partial charge in [-0.25, -0.2) is 4.79 Å². The van der Waals surface area contributed by atoms with Gasteiger partial charge in [0.2, 0.25) is 17.7 Å². The summed E-state index contributed by atoms with van der Waals surface area (Å²) in [6.45, 7) is 0.461. The van der Waals surface area contributed by atoms with E-state index in [9.17, 15) is 19.2 Å². The molecule has 0 spiro atoms. The lowest BCUT2D eigenvalue weighted by molar-refractivity contribution is -0.134. The van der Waals surface area contributed by atoms with Gasteiger partial charge in [0.15, 0.2) is 0 Å². The van der Waals surface area contributed by atoms with Crippen molar-refractivity contribution in [2.45, 2.75) is 38.3 Å². The van der Waals surface area contributed by atoms with Crippen LogP contribution in [0.5, 0.6) is 0 Å². The summed E-state index contributed by atoms with van der Waals surface area (Å²) >= 11 is 0. The summed E-state index contributed by atoms with van der Waals surface area (Å²) < 4.78 is 5.25. The molecule has 0 fully saturated rings. The lowest BCUT2D eigenvalue weighted by atomic mass is 10.1. The van der Waals surface area contributed by atoms with Gasteiger partial charge >= 0.3 is 6.09 Å². The summed E-state index contributed by atoms with van der Waals surface area (Å²) in [7, 11) is 3.18. The Kier molecular flexibility index (Phi) is 11.1. The Morgan fingerprint density at radius 1 is 0.912 bits per heavy atom. The number of hydrogen-bond acceptors (Lipinski definition) is 5. The van der Waals surface area contributed by atoms with E-state index in [-0.39, 0.29) is 30.7 Å². The maximum absolute atomic E-state index is 12.8. The van der Waals surface area contributed by atoms with Gasteiger partial charge in [-0.05, 0) is 37.0 Å². The molecule has 3 N–H and O–H groups in total. The van der Waals surface area contributed by atoms with E-state index in [1.165, 1.54) is 4.90 Å². The normalized spacial score (nSPS) is 11.1. The molecular weight excluding hydrogens is 436 g/mol. The first-order valence-electron chi connectivity index (χ1n) is 11.1. The molecule has 0 aliphatic heterocycles. The summed E-state index contributed by atoms with van der Waals surface area (Å²) in [5.74, 6) is -0.975. The second-order valence-electron chi connectivity index (χ2n) is 7.92. The summed E-state index contributed by atoms with van der Waals surface area (Å²) in [6.07, 6.45) is 0.605. The van der Waals surface area contributed by atoms with Crippen molar-refractivity contribution >= 4 is 29.5 Å². The molecule has 0 saturated carbocycles. The Bertz CT molecular complexity index is 935.